The first-order chi connectivity index (χ1) is 7.83. The summed E-state index contributed by atoms with van der Waals surface area (Å²) in [7, 11) is 1.53. The van der Waals surface area contributed by atoms with Crippen LogP contribution in [-0.4, -0.2) is 17.1 Å². The standard InChI is InChI=1S/C12H15N3O/c1-16-12-10(7-13)8-14-11(15-12)6-9-4-2-3-5-9/h8-9H,2-6H2,1H3. The van der Waals surface area contributed by atoms with E-state index in [0.717, 1.165) is 12.2 Å². The lowest BCUT2D eigenvalue weighted by Gasteiger charge is -2.08. The maximum atomic E-state index is 8.81. The lowest BCUT2D eigenvalue weighted by Crippen LogP contribution is -2.05. The molecule has 0 spiro atoms. The topological polar surface area (TPSA) is 58.8 Å². The van der Waals surface area contributed by atoms with E-state index in [9.17, 15) is 0 Å². The van der Waals surface area contributed by atoms with E-state index in [4.69, 9.17) is 10.00 Å². The third-order valence-electron chi connectivity index (χ3n) is 3.06. The zero-order valence-corrected chi connectivity index (χ0v) is 9.44. The van der Waals surface area contributed by atoms with Crippen LogP contribution in [-0.2, 0) is 6.42 Å². The van der Waals surface area contributed by atoms with Crippen molar-refractivity contribution in [3.8, 4) is 11.9 Å². The smallest absolute Gasteiger partial charge is 0.234 e. The molecule has 84 valence electrons. The molecule has 1 aromatic heterocycles. The van der Waals surface area contributed by atoms with Gasteiger partial charge in [0.25, 0.3) is 0 Å². The van der Waals surface area contributed by atoms with E-state index >= 15 is 0 Å². The number of hydrogen-bond acceptors (Lipinski definition) is 4. The van der Waals surface area contributed by atoms with E-state index in [0.29, 0.717) is 17.4 Å². The maximum Gasteiger partial charge on any atom is 0.234 e. The molecule has 1 aliphatic rings. The number of hydrogen-bond donors (Lipinski definition) is 0. The third-order valence-corrected chi connectivity index (χ3v) is 3.06. The largest absolute Gasteiger partial charge is 0.480 e. The van der Waals surface area contributed by atoms with Crippen molar-refractivity contribution in [3.63, 3.8) is 0 Å². The molecule has 0 radical (unpaired) electrons. The highest BCUT2D eigenvalue weighted by atomic mass is 16.5. The van der Waals surface area contributed by atoms with Gasteiger partial charge in [-0.25, -0.2) is 4.98 Å². The molecule has 0 aromatic carbocycles. The van der Waals surface area contributed by atoms with Crippen LogP contribution in [0.25, 0.3) is 0 Å². The predicted octanol–water partition coefficient (Wildman–Crippen LogP) is 2.09. The highest BCUT2D eigenvalue weighted by Crippen LogP contribution is 2.27. The molecule has 0 unspecified atom stereocenters. The van der Waals surface area contributed by atoms with Gasteiger partial charge in [-0.05, 0) is 5.92 Å². The fraction of sp³-hybridized carbons (Fsp3) is 0.583. The molecule has 0 bridgehead atoms. The van der Waals surface area contributed by atoms with Crippen molar-refractivity contribution in [2.75, 3.05) is 7.11 Å². The third kappa shape index (κ3) is 2.30. The van der Waals surface area contributed by atoms with Crippen molar-refractivity contribution >= 4 is 0 Å². The van der Waals surface area contributed by atoms with E-state index in [2.05, 4.69) is 9.97 Å². The summed E-state index contributed by atoms with van der Waals surface area (Å²) in [6.07, 6.45) is 7.63. The van der Waals surface area contributed by atoms with Gasteiger partial charge >= 0.3 is 0 Å². The monoisotopic (exact) mass is 217 g/mol. The van der Waals surface area contributed by atoms with Gasteiger partial charge in [0.15, 0.2) is 0 Å². The molecular formula is C12H15N3O. The van der Waals surface area contributed by atoms with Crippen LogP contribution >= 0.6 is 0 Å². The first-order valence-electron chi connectivity index (χ1n) is 5.63. The average molecular weight is 217 g/mol. The van der Waals surface area contributed by atoms with Crippen LogP contribution in [0, 0.1) is 17.2 Å². The number of nitriles is 1. The van der Waals surface area contributed by atoms with Gasteiger partial charge in [0.05, 0.1) is 13.3 Å². The molecule has 0 saturated heterocycles. The molecule has 2 rings (SSSR count). The molecule has 4 heteroatoms. The van der Waals surface area contributed by atoms with Crippen molar-refractivity contribution in [2.45, 2.75) is 32.1 Å². The minimum Gasteiger partial charge on any atom is -0.480 e. The first kappa shape index (κ1) is 10.9. The zero-order valence-electron chi connectivity index (χ0n) is 9.44. The van der Waals surface area contributed by atoms with Gasteiger partial charge in [-0.2, -0.15) is 10.2 Å². The molecule has 1 saturated carbocycles. The second-order valence-electron chi connectivity index (χ2n) is 4.18. The Hall–Kier alpha value is -1.63. The summed E-state index contributed by atoms with van der Waals surface area (Å²) in [4.78, 5) is 8.48. The summed E-state index contributed by atoms with van der Waals surface area (Å²) in [5.41, 5.74) is 0.401. The van der Waals surface area contributed by atoms with Crippen LogP contribution in [0.3, 0.4) is 0 Å². The van der Waals surface area contributed by atoms with Crippen molar-refractivity contribution in [1.29, 1.82) is 5.26 Å². The van der Waals surface area contributed by atoms with Crippen molar-refractivity contribution in [1.82, 2.24) is 9.97 Å². The molecule has 1 aromatic rings. The first-order valence-corrected chi connectivity index (χ1v) is 5.63. The number of methoxy groups -OCH3 is 1. The lowest BCUT2D eigenvalue weighted by atomic mass is 10.0. The van der Waals surface area contributed by atoms with Gasteiger partial charge in [0.1, 0.15) is 17.5 Å². The van der Waals surface area contributed by atoms with E-state index in [1.54, 1.807) is 6.20 Å². The minimum absolute atomic E-state index is 0.394. The van der Waals surface area contributed by atoms with Crippen molar-refractivity contribution < 1.29 is 4.74 Å². The van der Waals surface area contributed by atoms with Gasteiger partial charge in [0, 0.05) is 6.42 Å². The fourth-order valence-electron chi connectivity index (χ4n) is 2.20. The molecule has 0 atom stereocenters. The number of rotatable bonds is 3. The highest BCUT2D eigenvalue weighted by molar-refractivity contribution is 5.35. The number of aromatic nitrogens is 2. The highest BCUT2D eigenvalue weighted by Gasteiger charge is 2.17. The molecule has 16 heavy (non-hydrogen) atoms. The van der Waals surface area contributed by atoms with Gasteiger partial charge in [-0.15, -0.1) is 0 Å². The van der Waals surface area contributed by atoms with Crippen molar-refractivity contribution in [2.24, 2.45) is 5.92 Å². The quantitative estimate of drug-likeness (QED) is 0.777. The zero-order chi connectivity index (χ0) is 11.4. The second-order valence-corrected chi connectivity index (χ2v) is 4.18. The van der Waals surface area contributed by atoms with E-state index < -0.39 is 0 Å². The summed E-state index contributed by atoms with van der Waals surface area (Å²) in [6.45, 7) is 0. The summed E-state index contributed by atoms with van der Waals surface area (Å²) in [5.74, 6) is 1.89. The Labute approximate surface area is 95.3 Å². The molecular weight excluding hydrogens is 202 g/mol. The van der Waals surface area contributed by atoms with Crippen LogP contribution < -0.4 is 4.74 Å². The van der Waals surface area contributed by atoms with Crippen LogP contribution in [0.15, 0.2) is 6.20 Å². The van der Waals surface area contributed by atoms with Crippen molar-refractivity contribution in [3.05, 3.63) is 17.6 Å². The molecule has 1 fully saturated rings. The second kappa shape index (κ2) is 4.93. The predicted molar refractivity (Wildman–Crippen MR) is 59.0 cm³/mol. The van der Waals surface area contributed by atoms with Gasteiger partial charge in [-0.1, -0.05) is 25.7 Å². The van der Waals surface area contributed by atoms with Gasteiger partial charge in [-0.3, -0.25) is 0 Å². The van der Waals surface area contributed by atoms with Gasteiger partial charge in [0.2, 0.25) is 5.88 Å². The Morgan fingerprint density at radius 2 is 2.25 bits per heavy atom. The summed E-state index contributed by atoms with van der Waals surface area (Å²) in [5, 5.41) is 8.81. The summed E-state index contributed by atoms with van der Waals surface area (Å²) >= 11 is 0. The van der Waals surface area contributed by atoms with E-state index in [1.807, 2.05) is 6.07 Å². The minimum atomic E-state index is 0.394. The van der Waals surface area contributed by atoms with Crippen LogP contribution in [0.2, 0.25) is 0 Å². The lowest BCUT2D eigenvalue weighted by molar-refractivity contribution is 0.391. The molecule has 1 aliphatic carbocycles. The Kier molecular flexibility index (Phi) is 3.35. The molecule has 4 nitrogen and oxygen atoms in total. The normalized spacial score (nSPS) is 16.0. The number of ether oxygens (including phenoxy) is 1. The maximum absolute atomic E-state index is 8.81. The Morgan fingerprint density at radius 1 is 1.50 bits per heavy atom. The van der Waals surface area contributed by atoms with Gasteiger partial charge < -0.3 is 4.74 Å². The summed E-state index contributed by atoms with van der Waals surface area (Å²) in [6, 6.07) is 2.02. The SMILES string of the molecule is COc1nc(CC2CCCC2)ncc1C#N. The molecule has 0 amide bonds. The molecule has 0 N–H and O–H groups in total. The molecule has 1 heterocycles. The van der Waals surface area contributed by atoms with Crippen LogP contribution in [0.4, 0.5) is 0 Å². The Balaban J connectivity index is 2.13. The molecule has 0 aliphatic heterocycles. The average Bonchev–Trinajstić information content (AvgIpc) is 2.81. The fourth-order valence-corrected chi connectivity index (χ4v) is 2.20. The van der Waals surface area contributed by atoms with Crippen LogP contribution in [0.1, 0.15) is 37.1 Å². The Morgan fingerprint density at radius 3 is 2.88 bits per heavy atom. The van der Waals surface area contributed by atoms with E-state index in [-0.39, 0.29) is 0 Å². The number of nitrogens with zero attached hydrogens (tertiary/aromatic N) is 3. The summed E-state index contributed by atoms with van der Waals surface area (Å²) < 4.78 is 5.07. The van der Waals surface area contributed by atoms with Crippen LogP contribution in [0.5, 0.6) is 5.88 Å². The Bertz CT molecular complexity index is 405. The van der Waals surface area contributed by atoms with E-state index in [1.165, 1.54) is 32.8 Å².